The van der Waals surface area contributed by atoms with E-state index in [1.165, 1.54) is 120 Å². The van der Waals surface area contributed by atoms with Gasteiger partial charge in [-0.3, -0.25) is 0 Å². The third-order valence-electron chi connectivity index (χ3n) is 13.6. The summed E-state index contributed by atoms with van der Waals surface area (Å²) in [7, 11) is 0. The van der Waals surface area contributed by atoms with Crippen LogP contribution in [0.5, 0.6) is 0 Å². The van der Waals surface area contributed by atoms with Gasteiger partial charge in [-0.15, -0.1) is 0 Å². The van der Waals surface area contributed by atoms with Gasteiger partial charge in [0.1, 0.15) is 11.2 Å². The van der Waals surface area contributed by atoms with Crippen LogP contribution in [-0.4, -0.2) is 0 Å². The highest BCUT2D eigenvalue weighted by Gasteiger charge is 2.18. The third kappa shape index (κ3) is 4.72. The van der Waals surface area contributed by atoms with Crippen molar-refractivity contribution in [3.05, 3.63) is 206 Å². The van der Waals surface area contributed by atoms with E-state index < -0.39 is 0 Å². The highest BCUT2D eigenvalue weighted by molar-refractivity contribution is 6.27. The van der Waals surface area contributed by atoms with Crippen LogP contribution in [0, 0.1) is 0 Å². The lowest BCUT2D eigenvalue weighted by molar-refractivity contribution is 0.669. The van der Waals surface area contributed by atoms with E-state index in [2.05, 4.69) is 200 Å². The summed E-state index contributed by atoms with van der Waals surface area (Å²) < 4.78 is 6.51. The number of hydrogen-bond donors (Lipinski definition) is 0. The first-order chi connectivity index (χ1) is 30.2. The van der Waals surface area contributed by atoms with Crippen LogP contribution >= 0.6 is 0 Å². The highest BCUT2D eigenvalue weighted by atomic mass is 16.3. The van der Waals surface area contributed by atoms with Crippen molar-refractivity contribution in [3.63, 3.8) is 0 Å². The van der Waals surface area contributed by atoms with E-state index in [0.29, 0.717) is 0 Å². The van der Waals surface area contributed by atoms with Crippen molar-refractivity contribution in [1.82, 2.24) is 0 Å². The Balaban J connectivity index is 0.905. The van der Waals surface area contributed by atoms with Crippen LogP contribution in [0.1, 0.15) is 0 Å². The van der Waals surface area contributed by atoms with Crippen LogP contribution in [0.4, 0.5) is 0 Å². The first-order valence-corrected chi connectivity index (χ1v) is 21.1. The fourth-order valence-electron chi connectivity index (χ4n) is 10.7. The van der Waals surface area contributed by atoms with E-state index in [4.69, 9.17) is 4.42 Å². The zero-order chi connectivity index (χ0) is 39.8. The SMILES string of the molecule is c1cc2ccc3ccc(-c4ccc(-c5ccc(-c6ccc(-c7ccc8ccc9cccc%10ccc7c8c9%10)cc6)c6cc7c(cc56)oc5ccccc57)cc4)c4ccc(c1)c2c34. The largest absolute Gasteiger partial charge is 0.456 e. The second kappa shape index (κ2) is 12.3. The van der Waals surface area contributed by atoms with Crippen molar-refractivity contribution in [2.75, 3.05) is 0 Å². The number of para-hydroxylation sites is 1. The number of benzene rings is 13. The molecule has 1 nitrogen and oxygen atoms in total. The molecule has 61 heavy (non-hydrogen) atoms. The van der Waals surface area contributed by atoms with E-state index in [0.717, 1.165) is 21.9 Å². The molecule has 0 aliphatic rings. The molecule has 280 valence electrons. The Hall–Kier alpha value is -8.00. The molecule has 1 heterocycles. The molecule has 0 atom stereocenters. The summed E-state index contributed by atoms with van der Waals surface area (Å²) in [5, 5.41) is 20.4. The van der Waals surface area contributed by atoms with Crippen molar-refractivity contribution in [3.8, 4) is 44.5 Å². The van der Waals surface area contributed by atoms with Crippen molar-refractivity contribution in [2.45, 2.75) is 0 Å². The summed E-state index contributed by atoms with van der Waals surface area (Å²) in [6.07, 6.45) is 0. The Kier molecular flexibility index (Phi) is 6.62. The van der Waals surface area contributed by atoms with Crippen LogP contribution < -0.4 is 0 Å². The maximum Gasteiger partial charge on any atom is 0.136 e. The minimum Gasteiger partial charge on any atom is -0.456 e. The van der Waals surface area contributed by atoms with Gasteiger partial charge in [0.15, 0.2) is 0 Å². The van der Waals surface area contributed by atoms with Gasteiger partial charge >= 0.3 is 0 Å². The molecule has 0 fully saturated rings. The molecule has 0 unspecified atom stereocenters. The van der Waals surface area contributed by atoms with E-state index in [-0.39, 0.29) is 0 Å². The molecular formula is C60H34O. The molecule has 14 rings (SSSR count). The van der Waals surface area contributed by atoms with Crippen molar-refractivity contribution < 1.29 is 4.42 Å². The molecule has 1 heteroatoms. The third-order valence-corrected chi connectivity index (χ3v) is 13.6. The van der Waals surface area contributed by atoms with Gasteiger partial charge in [-0.2, -0.15) is 0 Å². The molecule has 0 aliphatic heterocycles. The quantitative estimate of drug-likeness (QED) is 0.162. The Morgan fingerprint density at radius 2 is 0.590 bits per heavy atom. The first-order valence-electron chi connectivity index (χ1n) is 21.1. The normalized spacial score (nSPS) is 12.3. The molecule has 0 bridgehead atoms. The predicted octanol–water partition coefficient (Wildman–Crippen LogP) is 17.2. The fraction of sp³-hybridized carbons (Fsp3) is 0. The van der Waals surface area contributed by atoms with Gasteiger partial charge in [0, 0.05) is 10.8 Å². The maximum absolute atomic E-state index is 6.51. The summed E-state index contributed by atoms with van der Waals surface area (Å²) in [4.78, 5) is 0. The van der Waals surface area contributed by atoms with Crippen LogP contribution in [0.2, 0.25) is 0 Å². The lowest BCUT2D eigenvalue weighted by Gasteiger charge is -2.16. The summed E-state index contributed by atoms with van der Waals surface area (Å²) in [5.41, 5.74) is 11.5. The minimum absolute atomic E-state index is 0.904. The summed E-state index contributed by atoms with van der Waals surface area (Å²) in [6, 6.07) is 76.4. The molecule has 0 aliphatic carbocycles. The maximum atomic E-state index is 6.51. The molecule has 0 radical (unpaired) electrons. The molecule has 1 aromatic heterocycles. The Labute approximate surface area is 351 Å². The summed E-state index contributed by atoms with van der Waals surface area (Å²) in [6.45, 7) is 0. The molecule has 13 aromatic carbocycles. The Morgan fingerprint density at radius 1 is 0.213 bits per heavy atom. The Morgan fingerprint density at radius 3 is 1.08 bits per heavy atom. The molecular weight excluding hydrogens is 737 g/mol. The highest BCUT2D eigenvalue weighted by Crippen LogP contribution is 2.44. The van der Waals surface area contributed by atoms with Crippen LogP contribution in [0.3, 0.4) is 0 Å². The van der Waals surface area contributed by atoms with Gasteiger partial charge in [0.05, 0.1) is 0 Å². The van der Waals surface area contributed by atoms with Gasteiger partial charge in [-0.25, -0.2) is 0 Å². The second-order valence-corrected chi connectivity index (χ2v) is 16.7. The number of fused-ring (bicyclic) bond motifs is 4. The van der Waals surface area contributed by atoms with Crippen LogP contribution in [0.25, 0.3) is 142 Å². The smallest absolute Gasteiger partial charge is 0.136 e. The van der Waals surface area contributed by atoms with E-state index in [1.807, 2.05) is 6.07 Å². The van der Waals surface area contributed by atoms with E-state index in [9.17, 15) is 0 Å². The van der Waals surface area contributed by atoms with Gasteiger partial charge in [0.2, 0.25) is 0 Å². The Bertz CT molecular complexity index is 4040. The van der Waals surface area contributed by atoms with Gasteiger partial charge in [-0.1, -0.05) is 188 Å². The number of rotatable bonds is 4. The zero-order valence-corrected chi connectivity index (χ0v) is 33.0. The van der Waals surface area contributed by atoms with E-state index in [1.54, 1.807) is 0 Å². The van der Waals surface area contributed by atoms with Crippen molar-refractivity contribution >= 4 is 97.3 Å². The van der Waals surface area contributed by atoms with E-state index >= 15 is 0 Å². The fourth-order valence-corrected chi connectivity index (χ4v) is 10.7. The summed E-state index contributed by atoms with van der Waals surface area (Å²) in [5.74, 6) is 0. The van der Waals surface area contributed by atoms with Crippen molar-refractivity contribution in [1.29, 1.82) is 0 Å². The molecule has 14 aromatic rings. The van der Waals surface area contributed by atoms with Crippen molar-refractivity contribution in [2.24, 2.45) is 0 Å². The van der Waals surface area contributed by atoms with Crippen LogP contribution in [0.15, 0.2) is 211 Å². The molecule has 0 saturated carbocycles. The summed E-state index contributed by atoms with van der Waals surface area (Å²) >= 11 is 0. The second-order valence-electron chi connectivity index (χ2n) is 16.7. The zero-order valence-electron chi connectivity index (χ0n) is 33.0. The topological polar surface area (TPSA) is 13.1 Å². The first kappa shape index (κ1) is 32.9. The lowest BCUT2D eigenvalue weighted by Crippen LogP contribution is -1.89. The molecule has 0 N–H and O–H groups in total. The minimum atomic E-state index is 0.904. The molecule has 0 amide bonds. The predicted molar refractivity (Wildman–Crippen MR) is 260 cm³/mol. The average Bonchev–Trinajstić information content (AvgIpc) is 3.69. The standard InChI is InChI=1S/C60H34O/c1-2-10-55-49(9-1)54-33-52-47(37-15-11-35(12-16-37)45-27-23-43-21-19-39-5-3-7-41-25-29-50(45)59(43)57(39)41)31-32-48(53(52)34-56(54)61-55)38-17-13-36(14-18-38)46-28-24-44-22-20-40-6-4-8-42-26-30-51(46)60(44)58(40)42/h1-34H. The molecule has 0 spiro atoms. The lowest BCUT2D eigenvalue weighted by atomic mass is 9.88. The van der Waals surface area contributed by atoms with Gasteiger partial charge in [-0.05, 0) is 138 Å². The van der Waals surface area contributed by atoms with Gasteiger partial charge in [0.25, 0.3) is 0 Å². The average molecular weight is 771 g/mol. The number of furan rings is 1. The van der Waals surface area contributed by atoms with Crippen LogP contribution in [-0.2, 0) is 0 Å². The monoisotopic (exact) mass is 770 g/mol. The van der Waals surface area contributed by atoms with Gasteiger partial charge < -0.3 is 4.42 Å². The molecule has 0 saturated heterocycles. The number of hydrogen-bond acceptors (Lipinski definition) is 1.